The lowest BCUT2D eigenvalue weighted by Crippen LogP contribution is -2.40. The summed E-state index contributed by atoms with van der Waals surface area (Å²) in [5, 5.41) is 13.9. The van der Waals surface area contributed by atoms with Crippen LogP contribution in [0.2, 0.25) is 0 Å². The molecule has 0 saturated carbocycles. The molecule has 0 atom stereocenters. The topological polar surface area (TPSA) is 140 Å². The van der Waals surface area contributed by atoms with Crippen LogP contribution in [0, 0.1) is 10.8 Å². The quantitative estimate of drug-likeness (QED) is 0.181. The molecular weight excluding hydrogens is 720 g/mol. The van der Waals surface area contributed by atoms with Crippen molar-refractivity contribution in [2.24, 2.45) is 10.8 Å². The Morgan fingerprint density at radius 3 is 2.51 bits per heavy atom. The number of alkyl halides is 5. The molecular formula is C33H37F5N6O5S2. The Morgan fingerprint density at radius 2 is 1.80 bits per heavy atom. The van der Waals surface area contributed by atoms with Gasteiger partial charge in [0.2, 0.25) is 5.88 Å². The SMILES string of the molecule is CC(C)(CN1CCCCCC(F)(F)c2ccccc2-c2nc(sc2-n2ccc(OCC(C)(C)C(F)(F)F)n2)NS(=O)(=O)c2ccnc1c2)C(=O)O. The third kappa shape index (κ3) is 8.43. The van der Waals surface area contributed by atoms with Crippen LogP contribution in [0.3, 0.4) is 0 Å². The van der Waals surface area contributed by atoms with E-state index in [4.69, 9.17) is 4.74 Å². The second-order valence-electron chi connectivity index (χ2n) is 13.6. The first kappa shape index (κ1) is 37.9. The number of aliphatic carboxylic acids is 1. The van der Waals surface area contributed by atoms with E-state index in [0.29, 0.717) is 12.8 Å². The van der Waals surface area contributed by atoms with Crippen molar-refractivity contribution in [2.45, 2.75) is 70.4 Å². The summed E-state index contributed by atoms with van der Waals surface area (Å²) in [6, 6.07) is 9.54. The molecule has 2 N–H and O–H groups in total. The molecule has 4 aromatic rings. The summed E-state index contributed by atoms with van der Waals surface area (Å²) >= 11 is 0.767. The predicted molar refractivity (Wildman–Crippen MR) is 181 cm³/mol. The normalized spacial score (nSPS) is 16.8. The van der Waals surface area contributed by atoms with Gasteiger partial charge in [-0.25, -0.2) is 31.8 Å². The van der Waals surface area contributed by atoms with Crippen molar-refractivity contribution in [1.29, 1.82) is 0 Å². The largest absolute Gasteiger partial charge is 0.481 e. The molecule has 0 amide bonds. The highest BCUT2D eigenvalue weighted by atomic mass is 32.2. The van der Waals surface area contributed by atoms with Crippen LogP contribution in [0.25, 0.3) is 16.3 Å². The number of thiazole rings is 1. The number of pyridine rings is 1. The van der Waals surface area contributed by atoms with Gasteiger partial charge in [0.25, 0.3) is 15.9 Å². The number of aromatic nitrogens is 4. The third-order valence-corrected chi connectivity index (χ3v) is 10.9. The first-order valence-electron chi connectivity index (χ1n) is 15.9. The van der Waals surface area contributed by atoms with E-state index in [2.05, 4.69) is 19.8 Å². The Balaban J connectivity index is 1.60. The maximum atomic E-state index is 16.0. The van der Waals surface area contributed by atoms with Crippen LogP contribution >= 0.6 is 11.3 Å². The highest BCUT2D eigenvalue weighted by Crippen LogP contribution is 2.44. The van der Waals surface area contributed by atoms with Gasteiger partial charge in [0.05, 0.1) is 15.7 Å². The van der Waals surface area contributed by atoms with Gasteiger partial charge in [-0.15, -0.1) is 5.10 Å². The molecule has 276 valence electrons. The summed E-state index contributed by atoms with van der Waals surface area (Å²) in [5.74, 6) is -4.41. The van der Waals surface area contributed by atoms with E-state index in [1.54, 1.807) is 4.90 Å². The van der Waals surface area contributed by atoms with Crippen molar-refractivity contribution in [2.75, 3.05) is 29.3 Å². The molecule has 1 aliphatic heterocycles. The summed E-state index contributed by atoms with van der Waals surface area (Å²) in [7, 11) is -4.37. The van der Waals surface area contributed by atoms with Gasteiger partial charge in [-0.3, -0.25) is 9.52 Å². The smallest absolute Gasteiger partial charge is 0.397 e. The average molecular weight is 757 g/mol. The fourth-order valence-electron chi connectivity index (χ4n) is 5.22. The van der Waals surface area contributed by atoms with Crippen LogP contribution in [-0.4, -0.2) is 65.1 Å². The lowest BCUT2D eigenvalue weighted by molar-refractivity contribution is -0.219. The second-order valence-corrected chi connectivity index (χ2v) is 16.2. The highest BCUT2D eigenvalue weighted by Gasteiger charge is 2.48. The van der Waals surface area contributed by atoms with E-state index in [9.17, 15) is 31.5 Å². The molecule has 11 nitrogen and oxygen atoms in total. The molecule has 0 saturated heterocycles. The Bertz CT molecular complexity index is 1990. The fraction of sp³-hybridized carbons (Fsp3) is 0.455. The minimum absolute atomic E-state index is 0.00737. The number of halogens is 5. The number of rotatable bonds is 7. The Labute approximate surface area is 295 Å². The zero-order valence-corrected chi connectivity index (χ0v) is 29.8. The predicted octanol–water partition coefficient (Wildman–Crippen LogP) is 7.74. The number of carbonyl (C=O) groups is 1. The van der Waals surface area contributed by atoms with Gasteiger partial charge in [-0.05, 0) is 46.6 Å². The molecule has 1 aliphatic rings. The molecule has 0 aliphatic carbocycles. The number of fused-ring (bicyclic) bond motifs is 6. The minimum atomic E-state index is -4.55. The number of hydrogen-bond acceptors (Lipinski definition) is 9. The Hall–Kier alpha value is -4.32. The van der Waals surface area contributed by atoms with E-state index in [1.807, 2.05) is 0 Å². The Kier molecular flexibility index (Phi) is 10.4. The number of nitrogens with zero attached hydrogens (tertiary/aromatic N) is 5. The molecule has 18 heteroatoms. The lowest BCUT2D eigenvalue weighted by atomic mass is 9.92. The summed E-state index contributed by atoms with van der Waals surface area (Å²) in [6.07, 6.45) is -1.58. The Morgan fingerprint density at radius 1 is 1.08 bits per heavy atom. The maximum absolute atomic E-state index is 16.0. The molecule has 0 fully saturated rings. The standard InChI is InChI=1S/C33H37F5N6O5S2/c1-30(2,28(45)46)19-43-16-9-5-8-14-32(34,35)23-11-7-6-10-22(23)26-27(44-17-13-25(41-44)49-20-31(3,4)33(36,37)38)50-29(40-26)42-51(47,48)21-12-15-39-24(43)18-21/h6-7,10-13,15,17-18H,5,8-9,14,16,19-20H2,1-4H3,(H,40,42)(H,45,46). The van der Waals surface area contributed by atoms with Crippen LogP contribution in [0.1, 0.15) is 58.9 Å². The van der Waals surface area contributed by atoms with Crippen LogP contribution < -0.4 is 14.4 Å². The number of carboxylic acid groups (broad SMARTS) is 1. The van der Waals surface area contributed by atoms with Crippen molar-refractivity contribution in [3.63, 3.8) is 0 Å². The first-order chi connectivity index (χ1) is 23.7. The number of ether oxygens (including phenoxy) is 1. The van der Waals surface area contributed by atoms with Crippen LogP contribution in [-0.2, 0) is 20.7 Å². The molecule has 4 bridgehead atoms. The molecule has 0 radical (unpaired) electrons. The molecule has 4 heterocycles. The van der Waals surface area contributed by atoms with Gasteiger partial charge < -0.3 is 14.7 Å². The number of hydrogen-bond donors (Lipinski definition) is 2. The number of anilines is 2. The molecule has 0 spiro atoms. The van der Waals surface area contributed by atoms with Crippen molar-refractivity contribution in [3.05, 3.63) is 60.4 Å². The molecule has 5 rings (SSSR count). The van der Waals surface area contributed by atoms with Crippen molar-refractivity contribution in [3.8, 4) is 22.1 Å². The number of carboxylic acids is 1. The van der Waals surface area contributed by atoms with Gasteiger partial charge in [0.1, 0.15) is 23.1 Å². The van der Waals surface area contributed by atoms with Crippen molar-refractivity contribution < 1.29 is 45.0 Å². The van der Waals surface area contributed by atoms with E-state index in [0.717, 1.165) is 25.2 Å². The van der Waals surface area contributed by atoms with Crippen LogP contribution in [0.5, 0.6) is 5.88 Å². The van der Waals surface area contributed by atoms with Crippen molar-refractivity contribution in [1.82, 2.24) is 19.7 Å². The monoisotopic (exact) mass is 756 g/mol. The summed E-state index contributed by atoms with van der Waals surface area (Å²) in [4.78, 5) is 22.1. The zero-order valence-electron chi connectivity index (χ0n) is 28.2. The second kappa shape index (κ2) is 14.0. The number of nitrogens with one attached hydrogen (secondary N) is 1. The average Bonchev–Trinajstić information content (AvgIpc) is 3.69. The first-order valence-corrected chi connectivity index (χ1v) is 18.2. The van der Waals surface area contributed by atoms with E-state index in [1.165, 1.54) is 73.4 Å². The highest BCUT2D eigenvalue weighted by molar-refractivity contribution is 7.93. The van der Waals surface area contributed by atoms with Gasteiger partial charge in [-0.1, -0.05) is 42.0 Å². The lowest BCUT2D eigenvalue weighted by Gasteiger charge is -2.31. The maximum Gasteiger partial charge on any atom is 0.397 e. The molecule has 51 heavy (non-hydrogen) atoms. The third-order valence-electron chi connectivity index (χ3n) is 8.46. The summed E-state index contributed by atoms with van der Waals surface area (Å²) in [6.45, 7) is 4.46. The number of sulfonamides is 1. The van der Waals surface area contributed by atoms with Gasteiger partial charge in [0, 0.05) is 55.2 Å². The summed E-state index contributed by atoms with van der Waals surface area (Å²) < 4.78 is 109. The minimum Gasteiger partial charge on any atom is -0.481 e. The van der Waals surface area contributed by atoms with Crippen molar-refractivity contribution >= 4 is 38.3 Å². The number of benzene rings is 1. The van der Waals surface area contributed by atoms with E-state index >= 15 is 8.78 Å². The van der Waals surface area contributed by atoms with Gasteiger partial charge >= 0.3 is 12.1 Å². The van der Waals surface area contributed by atoms with E-state index in [-0.39, 0.29) is 63.1 Å². The zero-order chi connectivity index (χ0) is 37.4. The van der Waals surface area contributed by atoms with Gasteiger partial charge in [-0.2, -0.15) is 13.2 Å². The molecule has 3 aromatic heterocycles. The van der Waals surface area contributed by atoms with Crippen LogP contribution in [0.4, 0.5) is 32.9 Å². The van der Waals surface area contributed by atoms with Gasteiger partial charge in [0.15, 0.2) is 5.13 Å². The molecule has 1 aromatic carbocycles. The summed E-state index contributed by atoms with van der Waals surface area (Å²) in [5.41, 5.74) is -3.83. The van der Waals surface area contributed by atoms with E-state index < -0.39 is 51.9 Å². The molecule has 0 unspecified atom stereocenters. The fourth-order valence-corrected chi connectivity index (χ4v) is 7.38. The van der Waals surface area contributed by atoms with Crippen LogP contribution in [0.15, 0.2) is 59.8 Å².